The van der Waals surface area contributed by atoms with E-state index in [2.05, 4.69) is 4.98 Å². The Balaban J connectivity index is 1.46. The fourth-order valence-corrected chi connectivity index (χ4v) is 3.32. The molecule has 1 amide bonds. The molecule has 0 saturated carbocycles. The van der Waals surface area contributed by atoms with Gasteiger partial charge in [0.1, 0.15) is 5.65 Å². The van der Waals surface area contributed by atoms with Gasteiger partial charge in [-0.1, -0.05) is 24.3 Å². The Bertz CT molecular complexity index is 993. The topological polar surface area (TPSA) is 63.9 Å². The number of imidazole rings is 1. The molecule has 0 radical (unpaired) electrons. The number of carbonyl (C=O) groups excluding carboxylic acids is 2. The summed E-state index contributed by atoms with van der Waals surface area (Å²) in [5, 5.41) is 0. The van der Waals surface area contributed by atoms with Crippen LogP contribution in [-0.2, 0) is 16.0 Å². The Hall–Kier alpha value is -3.15. The maximum Gasteiger partial charge on any atom is 0.359 e. The maximum atomic E-state index is 12.5. The third kappa shape index (κ3) is 2.94. The second-order valence-electron chi connectivity index (χ2n) is 6.38. The van der Waals surface area contributed by atoms with Crippen molar-refractivity contribution in [2.45, 2.75) is 19.8 Å². The van der Waals surface area contributed by atoms with Crippen molar-refractivity contribution in [2.24, 2.45) is 0 Å². The van der Waals surface area contributed by atoms with Crippen molar-refractivity contribution in [3.8, 4) is 0 Å². The Morgan fingerprint density at radius 3 is 2.85 bits per heavy atom. The number of hydrogen-bond donors (Lipinski definition) is 0. The number of anilines is 1. The standard InChI is InChI=1S/C20H19N3O3/c1-14-6-4-10-18-21-16(12-23(14)18)20(25)26-13-19(24)22-11-5-8-15-7-2-3-9-17(15)22/h2-4,6-7,9-10,12H,5,8,11,13H2,1H3. The van der Waals surface area contributed by atoms with Crippen LogP contribution in [0.2, 0.25) is 0 Å². The zero-order valence-electron chi connectivity index (χ0n) is 14.5. The van der Waals surface area contributed by atoms with E-state index >= 15 is 0 Å². The number of ether oxygens (including phenoxy) is 1. The molecule has 1 aliphatic heterocycles. The van der Waals surface area contributed by atoms with Gasteiger partial charge in [-0.15, -0.1) is 0 Å². The minimum absolute atomic E-state index is 0.200. The van der Waals surface area contributed by atoms with E-state index in [0.29, 0.717) is 12.2 Å². The number of amides is 1. The van der Waals surface area contributed by atoms with Gasteiger partial charge in [-0.05, 0) is 43.5 Å². The molecule has 6 heteroatoms. The molecule has 0 saturated heterocycles. The van der Waals surface area contributed by atoms with Crippen molar-refractivity contribution < 1.29 is 14.3 Å². The van der Waals surface area contributed by atoms with Crippen LogP contribution in [0.5, 0.6) is 0 Å². The molecule has 1 aliphatic rings. The molecule has 0 unspecified atom stereocenters. The predicted octanol–water partition coefficient (Wildman–Crippen LogP) is 2.78. The molecule has 26 heavy (non-hydrogen) atoms. The number of fused-ring (bicyclic) bond motifs is 2. The highest BCUT2D eigenvalue weighted by Gasteiger charge is 2.23. The summed E-state index contributed by atoms with van der Waals surface area (Å²) in [5.74, 6) is -0.808. The van der Waals surface area contributed by atoms with Crippen molar-refractivity contribution in [3.63, 3.8) is 0 Å². The average Bonchev–Trinajstić information content (AvgIpc) is 3.11. The van der Waals surface area contributed by atoms with E-state index in [0.717, 1.165) is 29.8 Å². The summed E-state index contributed by atoms with van der Waals surface area (Å²) in [6.07, 6.45) is 3.50. The first-order valence-corrected chi connectivity index (χ1v) is 8.63. The Morgan fingerprint density at radius 1 is 1.15 bits per heavy atom. The lowest BCUT2D eigenvalue weighted by atomic mass is 10.0. The first-order chi connectivity index (χ1) is 12.6. The first-order valence-electron chi connectivity index (χ1n) is 8.63. The molecular weight excluding hydrogens is 330 g/mol. The second-order valence-corrected chi connectivity index (χ2v) is 6.38. The van der Waals surface area contributed by atoms with Crippen molar-refractivity contribution in [2.75, 3.05) is 18.1 Å². The molecule has 0 aliphatic carbocycles. The zero-order chi connectivity index (χ0) is 18.1. The Kier molecular flexibility index (Phi) is 4.16. The summed E-state index contributed by atoms with van der Waals surface area (Å²) in [7, 11) is 0. The summed E-state index contributed by atoms with van der Waals surface area (Å²) >= 11 is 0. The number of para-hydroxylation sites is 1. The molecule has 0 bridgehead atoms. The third-order valence-corrected chi connectivity index (χ3v) is 4.64. The van der Waals surface area contributed by atoms with E-state index in [4.69, 9.17) is 4.74 Å². The molecular formula is C20H19N3O3. The second kappa shape index (κ2) is 6.63. The van der Waals surface area contributed by atoms with Crippen molar-refractivity contribution in [1.29, 1.82) is 0 Å². The highest BCUT2D eigenvalue weighted by Crippen LogP contribution is 2.26. The molecule has 3 aromatic rings. The fraction of sp³-hybridized carbons (Fsp3) is 0.250. The number of nitrogens with zero attached hydrogens (tertiary/aromatic N) is 3. The lowest BCUT2D eigenvalue weighted by Crippen LogP contribution is -2.38. The van der Waals surface area contributed by atoms with Crippen molar-refractivity contribution >= 4 is 23.2 Å². The summed E-state index contributed by atoms with van der Waals surface area (Å²) < 4.78 is 7.04. The number of pyridine rings is 1. The highest BCUT2D eigenvalue weighted by molar-refractivity contribution is 5.97. The van der Waals surface area contributed by atoms with Gasteiger partial charge in [0.25, 0.3) is 5.91 Å². The van der Waals surface area contributed by atoms with Crippen LogP contribution in [0, 0.1) is 6.92 Å². The van der Waals surface area contributed by atoms with Gasteiger partial charge in [0.05, 0.1) is 0 Å². The largest absolute Gasteiger partial charge is 0.451 e. The van der Waals surface area contributed by atoms with Crippen LogP contribution in [0.1, 0.15) is 28.2 Å². The lowest BCUT2D eigenvalue weighted by Gasteiger charge is -2.29. The zero-order valence-corrected chi connectivity index (χ0v) is 14.5. The summed E-state index contributed by atoms with van der Waals surface area (Å²) in [5.41, 5.74) is 3.90. The lowest BCUT2D eigenvalue weighted by molar-refractivity contribution is -0.121. The van der Waals surface area contributed by atoms with E-state index < -0.39 is 5.97 Å². The van der Waals surface area contributed by atoms with Crippen LogP contribution in [0.15, 0.2) is 48.7 Å². The number of aromatic nitrogens is 2. The molecule has 2 aromatic heterocycles. The normalized spacial score (nSPS) is 13.5. The number of carbonyl (C=O) groups is 2. The first kappa shape index (κ1) is 16.3. The summed E-state index contributed by atoms with van der Waals surface area (Å²) in [6.45, 7) is 2.28. The van der Waals surface area contributed by atoms with Gasteiger partial charge in [-0.2, -0.15) is 0 Å². The van der Waals surface area contributed by atoms with Crippen molar-refractivity contribution in [3.05, 3.63) is 65.6 Å². The van der Waals surface area contributed by atoms with E-state index in [1.165, 1.54) is 0 Å². The van der Waals surface area contributed by atoms with Crippen molar-refractivity contribution in [1.82, 2.24) is 9.38 Å². The number of rotatable bonds is 3. The van der Waals surface area contributed by atoms with E-state index in [-0.39, 0.29) is 18.2 Å². The van der Waals surface area contributed by atoms with Gasteiger partial charge < -0.3 is 14.0 Å². The molecule has 0 atom stereocenters. The molecule has 3 heterocycles. The van der Waals surface area contributed by atoms with Gasteiger partial charge in [-0.3, -0.25) is 4.79 Å². The van der Waals surface area contributed by atoms with Crippen LogP contribution in [0.25, 0.3) is 5.65 Å². The number of aryl methyl sites for hydroxylation is 2. The quantitative estimate of drug-likeness (QED) is 0.682. The summed E-state index contributed by atoms with van der Waals surface area (Å²) in [4.78, 5) is 30.8. The number of hydrogen-bond acceptors (Lipinski definition) is 4. The minimum atomic E-state index is -0.591. The van der Waals surface area contributed by atoms with E-state index in [9.17, 15) is 9.59 Å². The smallest absolute Gasteiger partial charge is 0.359 e. The SMILES string of the molecule is Cc1cccc2nc(C(=O)OCC(=O)N3CCCc4ccccc43)cn12. The van der Waals surface area contributed by atoms with Crippen LogP contribution in [0.3, 0.4) is 0 Å². The van der Waals surface area contributed by atoms with E-state index in [1.807, 2.05) is 53.8 Å². The van der Waals surface area contributed by atoms with Gasteiger partial charge in [0.2, 0.25) is 0 Å². The Labute approximate surface area is 151 Å². The fourth-order valence-electron chi connectivity index (χ4n) is 3.32. The third-order valence-electron chi connectivity index (χ3n) is 4.64. The molecule has 0 N–H and O–H groups in total. The number of esters is 1. The summed E-state index contributed by atoms with van der Waals surface area (Å²) in [6, 6.07) is 13.5. The maximum absolute atomic E-state index is 12.5. The van der Waals surface area contributed by atoms with Crippen LogP contribution < -0.4 is 4.90 Å². The van der Waals surface area contributed by atoms with Crippen LogP contribution in [-0.4, -0.2) is 34.4 Å². The van der Waals surface area contributed by atoms with Gasteiger partial charge >= 0.3 is 5.97 Å². The molecule has 0 fully saturated rings. The number of benzene rings is 1. The monoisotopic (exact) mass is 349 g/mol. The molecule has 4 rings (SSSR count). The van der Waals surface area contributed by atoms with Crippen LogP contribution >= 0.6 is 0 Å². The molecule has 6 nitrogen and oxygen atoms in total. The van der Waals surface area contributed by atoms with E-state index in [1.54, 1.807) is 11.1 Å². The van der Waals surface area contributed by atoms with Gasteiger partial charge in [0, 0.05) is 24.1 Å². The molecule has 132 valence electrons. The predicted molar refractivity (Wildman–Crippen MR) is 97.3 cm³/mol. The van der Waals surface area contributed by atoms with Gasteiger partial charge in [0.15, 0.2) is 12.3 Å². The average molecular weight is 349 g/mol. The Morgan fingerprint density at radius 2 is 2.00 bits per heavy atom. The highest BCUT2D eigenvalue weighted by atomic mass is 16.5. The molecule has 0 spiro atoms. The molecule has 1 aromatic carbocycles. The van der Waals surface area contributed by atoms with Gasteiger partial charge in [-0.25, -0.2) is 9.78 Å². The minimum Gasteiger partial charge on any atom is -0.451 e. The van der Waals surface area contributed by atoms with Crippen LogP contribution in [0.4, 0.5) is 5.69 Å².